The van der Waals surface area contributed by atoms with Crippen molar-refractivity contribution in [2.24, 2.45) is 0 Å². The van der Waals surface area contributed by atoms with Gasteiger partial charge in [0.15, 0.2) is 6.61 Å². The van der Waals surface area contributed by atoms with Crippen LogP contribution in [0.3, 0.4) is 0 Å². The zero-order chi connectivity index (χ0) is 41.3. The molecule has 0 bridgehead atoms. The first-order valence-corrected chi connectivity index (χ1v) is 18.5. The van der Waals surface area contributed by atoms with E-state index in [0.29, 0.717) is 16.7 Å². The molecule has 2 amide bonds. The van der Waals surface area contributed by atoms with Gasteiger partial charge in [-0.25, -0.2) is 9.59 Å². The molecule has 58 heavy (non-hydrogen) atoms. The lowest BCUT2D eigenvalue weighted by Gasteiger charge is -2.33. The van der Waals surface area contributed by atoms with E-state index in [1.807, 2.05) is 91.0 Å². The molecule has 4 atom stereocenters. The Bertz CT molecular complexity index is 2090. The number of halogens is 3. The Kier molecular flexibility index (Phi) is 13.2. The van der Waals surface area contributed by atoms with Gasteiger partial charge in [0.2, 0.25) is 17.6 Å². The number of fused-ring (bicyclic) bond motifs is 1. The highest BCUT2D eigenvalue weighted by Gasteiger charge is 2.55. The summed E-state index contributed by atoms with van der Waals surface area (Å²) < 4.78 is 61.4. The summed E-state index contributed by atoms with van der Waals surface area (Å²) in [5, 5.41) is 12.1. The van der Waals surface area contributed by atoms with Crippen LogP contribution >= 0.6 is 0 Å². The summed E-state index contributed by atoms with van der Waals surface area (Å²) in [7, 11) is 1.50. The van der Waals surface area contributed by atoms with Crippen molar-refractivity contribution in [3.05, 3.63) is 161 Å². The Balaban J connectivity index is 1.32. The average Bonchev–Trinajstić information content (AvgIpc) is 3.65. The summed E-state index contributed by atoms with van der Waals surface area (Å²) in [6.45, 7) is -2.05. The fourth-order valence-corrected chi connectivity index (χ4v) is 6.83. The number of carbonyl (C=O) groups is 4. The van der Waals surface area contributed by atoms with Crippen LogP contribution in [0.2, 0.25) is 0 Å². The van der Waals surface area contributed by atoms with Crippen molar-refractivity contribution in [3.63, 3.8) is 0 Å². The molecule has 14 heteroatoms. The van der Waals surface area contributed by atoms with Crippen molar-refractivity contribution in [3.8, 4) is 0 Å². The van der Waals surface area contributed by atoms with E-state index in [1.165, 1.54) is 42.3 Å². The Morgan fingerprint density at radius 2 is 1.55 bits per heavy atom. The molecule has 11 nitrogen and oxygen atoms in total. The van der Waals surface area contributed by atoms with Crippen molar-refractivity contribution >= 4 is 29.8 Å². The number of benzene rings is 4. The van der Waals surface area contributed by atoms with Crippen molar-refractivity contribution < 1.29 is 56.4 Å². The SMILES string of the molecule is CN(C(=O)C1=CC2OC(c3ccccc3)(c3ccccc3)OC2C(OC(=O)c2cccc(C=CC(=O)OCC(F)(F)F)c2)C1)C(Cc1ccccc1)C(=O)NCCO. The summed E-state index contributed by atoms with van der Waals surface area (Å²) in [6.07, 6.45) is -3.94. The largest absolute Gasteiger partial charge is 0.456 e. The first-order valence-electron chi connectivity index (χ1n) is 18.5. The van der Waals surface area contributed by atoms with E-state index in [1.54, 1.807) is 6.08 Å². The highest BCUT2D eigenvalue weighted by Crippen LogP contribution is 2.47. The number of ether oxygens (including phenoxy) is 4. The number of rotatable bonds is 14. The van der Waals surface area contributed by atoms with Crippen LogP contribution in [-0.4, -0.2) is 91.1 Å². The predicted molar refractivity (Wildman–Crippen MR) is 205 cm³/mol. The molecule has 4 aromatic rings. The van der Waals surface area contributed by atoms with Crippen LogP contribution in [0.1, 0.15) is 39.0 Å². The Morgan fingerprint density at radius 1 is 0.914 bits per heavy atom. The van der Waals surface area contributed by atoms with Crippen LogP contribution in [0, 0.1) is 0 Å². The summed E-state index contributed by atoms with van der Waals surface area (Å²) in [5.41, 5.74) is 2.64. The fourth-order valence-electron chi connectivity index (χ4n) is 6.83. The number of hydrogen-bond acceptors (Lipinski definition) is 9. The van der Waals surface area contributed by atoms with Crippen LogP contribution < -0.4 is 5.32 Å². The summed E-state index contributed by atoms with van der Waals surface area (Å²) in [4.78, 5) is 54.9. The molecule has 1 aliphatic carbocycles. The molecular weight excluding hydrogens is 757 g/mol. The molecule has 2 aliphatic rings. The van der Waals surface area contributed by atoms with Gasteiger partial charge in [0.25, 0.3) is 0 Å². The normalized spacial score (nSPS) is 19.1. The van der Waals surface area contributed by atoms with Crippen LogP contribution in [-0.2, 0) is 45.5 Å². The van der Waals surface area contributed by atoms with Crippen molar-refractivity contribution in [2.45, 2.75) is 49.2 Å². The molecule has 6 rings (SSSR count). The van der Waals surface area contributed by atoms with Gasteiger partial charge in [-0.2, -0.15) is 13.2 Å². The van der Waals surface area contributed by atoms with E-state index < -0.39 is 66.7 Å². The predicted octanol–water partition coefficient (Wildman–Crippen LogP) is 5.52. The molecule has 0 radical (unpaired) electrons. The van der Waals surface area contributed by atoms with Crippen LogP contribution in [0.15, 0.2) is 133 Å². The van der Waals surface area contributed by atoms with Crippen LogP contribution in [0.5, 0.6) is 0 Å². The highest BCUT2D eigenvalue weighted by atomic mass is 19.4. The maximum Gasteiger partial charge on any atom is 0.422 e. The van der Waals surface area contributed by atoms with E-state index in [9.17, 15) is 37.5 Å². The molecule has 0 spiro atoms. The summed E-state index contributed by atoms with van der Waals surface area (Å²) in [6, 6.07) is 32.4. The molecule has 0 saturated carbocycles. The number of nitrogens with zero attached hydrogens (tertiary/aromatic N) is 1. The van der Waals surface area contributed by atoms with Crippen LogP contribution in [0.4, 0.5) is 13.2 Å². The minimum atomic E-state index is -4.69. The molecule has 1 heterocycles. The van der Waals surface area contributed by atoms with Crippen molar-refractivity contribution in [2.75, 3.05) is 26.8 Å². The smallest absolute Gasteiger partial charge is 0.422 e. The Hall–Kier alpha value is -6.09. The molecule has 1 saturated heterocycles. The first kappa shape index (κ1) is 41.5. The molecular formula is C44H41F3N2O9. The quantitative estimate of drug-likeness (QED) is 0.125. The van der Waals surface area contributed by atoms with Gasteiger partial charge in [0, 0.05) is 49.2 Å². The topological polar surface area (TPSA) is 141 Å². The highest BCUT2D eigenvalue weighted by molar-refractivity contribution is 5.97. The van der Waals surface area contributed by atoms with Gasteiger partial charge in [0.1, 0.15) is 24.4 Å². The fraction of sp³-hybridized carbons (Fsp3) is 0.273. The minimum Gasteiger partial charge on any atom is -0.456 e. The molecule has 2 N–H and O–H groups in total. The third-order valence-electron chi connectivity index (χ3n) is 9.61. The van der Waals surface area contributed by atoms with Gasteiger partial charge in [-0.05, 0) is 35.4 Å². The number of aliphatic hydroxyl groups is 1. The minimum absolute atomic E-state index is 0.0119. The Morgan fingerprint density at radius 3 is 2.17 bits per heavy atom. The zero-order valence-electron chi connectivity index (χ0n) is 31.3. The second-order valence-corrected chi connectivity index (χ2v) is 13.7. The number of alkyl halides is 3. The van der Waals surface area contributed by atoms with Gasteiger partial charge >= 0.3 is 18.1 Å². The number of hydrogen-bond donors (Lipinski definition) is 2. The van der Waals surface area contributed by atoms with Crippen molar-refractivity contribution in [1.82, 2.24) is 10.2 Å². The summed E-state index contributed by atoms with van der Waals surface area (Å²) in [5.74, 6) is -4.50. The number of likely N-dealkylation sites (N-methyl/N-ethyl adjacent to an activating group) is 1. The number of nitrogens with one attached hydrogen (secondary N) is 1. The molecule has 1 fully saturated rings. The second kappa shape index (κ2) is 18.4. The second-order valence-electron chi connectivity index (χ2n) is 13.7. The van der Waals surface area contributed by atoms with Gasteiger partial charge in [-0.3, -0.25) is 9.59 Å². The standard InChI is InChI=1S/C44H41F3N2O9/c1-49(35(40(52)48-22-23-50)25-29-12-5-2-6-13-29)41(53)32-26-36(56-42(54)31-15-11-14-30(24-31)20-21-38(51)55-28-43(45,46)47)39-37(27-32)57-44(58-39,33-16-7-3-8-17-33)34-18-9-4-10-19-34/h2-21,24,27,35-37,39,50H,22-23,25-26,28H2,1H3,(H,48,52). The number of amides is 2. The van der Waals surface area contributed by atoms with Gasteiger partial charge in [-0.15, -0.1) is 0 Å². The van der Waals surface area contributed by atoms with E-state index >= 15 is 0 Å². The maximum atomic E-state index is 14.5. The molecule has 4 unspecified atom stereocenters. The number of aliphatic hydroxyl groups excluding tert-OH is 1. The van der Waals surface area contributed by atoms with Crippen molar-refractivity contribution in [1.29, 1.82) is 0 Å². The third kappa shape index (κ3) is 10.1. The average molecular weight is 799 g/mol. The van der Waals surface area contributed by atoms with E-state index in [0.717, 1.165) is 11.6 Å². The number of carbonyl (C=O) groups excluding carboxylic acids is 4. The zero-order valence-corrected chi connectivity index (χ0v) is 31.3. The first-order chi connectivity index (χ1) is 27.9. The van der Waals surface area contributed by atoms with E-state index in [4.69, 9.17) is 14.2 Å². The lowest BCUT2D eigenvalue weighted by atomic mass is 9.90. The summed E-state index contributed by atoms with van der Waals surface area (Å²) >= 11 is 0. The van der Waals surface area contributed by atoms with Gasteiger partial charge < -0.3 is 34.3 Å². The van der Waals surface area contributed by atoms with E-state index in [2.05, 4.69) is 10.1 Å². The molecule has 4 aromatic carbocycles. The molecule has 302 valence electrons. The van der Waals surface area contributed by atoms with Gasteiger partial charge in [0.05, 0.1) is 12.2 Å². The molecule has 0 aromatic heterocycles. The monoisotopic (exact) mass is 798 g/mol. The lowest BCUT2D eigenvalue weighted by molar-refractivity contribution is -0.182. The molecule has 1 aliphatic heterocycles. The van der Waals surface area contributed by atoms with Crippen LogP contribution in [0.25, 0.3) is 6.08 Å². The van der Waals surface area contributed by atoms with Gasteiger partial charge in [-0.1, -0.05) is 103 Å². The number of esters is 2. The lowest BCUT2D eigenvalue weighted by Crippen LogP contribution is -2.51. The van der Waals surface area contributed by atoms with E-state index in [-0.39, 0.29) is 37.1 Å². The maximum absolute atomic E-state index is 14.5. The Labute approximate surface area is 332 Å². The third-order valence-corrected chi connectivity index (χ3v) is 9.61.